The highest BCUT2D eigenvalue weighted by atomic mass is 16.2. The summed E-state index contributed by atoms with van der Waals surface area (Å²) in [6.45, 7) is 1.17. The quantitative estimate of drug-likeness (QED) is 0.687. The van der Waals surface area contributed by atoms with Crippen LogP contribution in [0.2, 0.25) is 0 Å². The van der Waals surface area contributed by atoms with Gasteiger partial charge in [-0.3, -0.25) is 9.59 Å². The van der Waals surface area contributed by atoms with Crippen molar-refractivity contribution in [1.82, 2.24) is 14.7 Å². The van der Waals surface area contributed by atoms with Crippen molar-refractivity contribution in [3.05, 3.63) is 84.2 Å². The Labute approximate surface area is 164 Å². The van der Waals surface area contributed by atoms with E-state index in [-0.39, 0.29) is 17.6 Å². The summed E-state index contributed by atoms with van der Waals surface area (Å²) in [4.78, 5) is 27.8. The van der Waals surface area contributed by atoms with Crippen LogP contribution in [0.5, 0.6) is 0 Å². The van der Waals surface area contributed by atoms with Crippen molar-refractivity contribution in [2.45, 2.75) is 19.3 Å². The summed E-state index contributed by atoms with van der Waals surface area (Å²) in [5.74, 6) is 0.0714. The summed E-state index contributed by atoms with van der Waals surface area (Å²) in [6.07, 6.45) is 5.64. The molecule has 1 aliphatic heterocycles. The van der Waals surface area contributed by atoms with Crippen molar-refractivity contribution in [2.75, 3.05) is 13.1 Å². The van der Waals surface area contributed by atoms with Gasteiger partial charge in [0.25, 0.3) is 5.91 Å². The van der Waals surface area contributed by atoms with Crippen LogP contribution in [0.25, 0.3) is 5.69 Å². The smallest absolute Gasteiger partial charge is 0.256 e. The monoisotopic (exact) mass is 373 g/mol. The molecule has 5 heteroatoms. The lowest BCUT2D eigenvalue weighted by molar-refractivity contribution is -0.123. The molecule has 5 nitrogen and oxygen atoms in total. The van der Waals surface area contributed by atoms with Gasteiger partial charge in [-0.05, 0) is 36.6 Å². The Balaban J connectivity index is 1.49. The first-order chi connectivity index (χ1) is 13.7. The lowest BCUT2D eigenvalue weighted by Crippen LogP contribution is -2.43. The van der Waals surface area contributed by atoms with Gasteiger partial charge in [-0.1, -0.05) is 42.5 Å². The molecule has 0 aliphatic carbocycles. The number of aromatic nitrogens is 2. The Bertz CT molecular complexity index is 951. The molecule has 28 heavy (non-hydrogen) atoms. The molecule has 1 saturated heterocycles. The molecule has 0 radical (unpaired) electrons. The van der Waals surface area contributed by atoms with Crippen LogP contribution < -0.4 is 0 Å². The summed E-state index contributed by atoms with van der Waals surface area (Å²) in [5, 5.41) is 4.26. The second kappa shape index (κ2) is 8.21. The van der Waals surface area contributed by atoms with Crippen molar-refractivity contribution in [3.8, 4) is 5.69 Å². The predicted octanol–water partition coefficient (Wildman–Crippen LogP) is 3.54. The number of benzene rings is 2. The SMILES string of the molecule is O=C(Cc1ccccc1)[C@@H]1CCCN(C(=O)c2ccccc2-n2cccn2)C1. The van der Waals surface area contributed by atoms with Crippen molar-refractivity contribution >= 4 is 11.7 Å². The largest absolute Gasteiger partial charge is 0.338 e. The molecule has 3 aromatic rings. The molecule has 2 heterocycles. The molecule has 0 N–H and O–H groups in total. The zero-order valence-corrected chi connectivity index (χ0v) is 15.7. The normalized spacial score (nSPS) is 16.7. The maximum atomic E-state index is 13.2. The summed E-state index contributed by atoms with van der Waals surface area (Å²) in [6, 6.07) is 19.1. The Morgan fingerprint density at radius 2 is 1.79 bits per heavy atom. The number of ketones is 1. The fourth-order valence-corrected chi connectivity index (χ4v) is 3.80. The molecule has 1 atom stereocenters. The number of piperidine rings is 1. The average Bonchev–Trinajstić information content (AvgIpc) is 3.29. The third-order valence-corrected chi connectivity index (χ3v) is 5.27. The molecule has 0 bridgehead atoms. The van der Waals surface area contributed by atoms with E-state index < -0.39 is 0 Å². The molecule has 2 aromatic carbocycles. The minimum absolute atomic E-state index is 0.0386. The Hall–Kier alpha value is -3.21. The third-order valence-electron chi connectivity index (χ3n) is 5.27. The van der Waals surface area contributed by atoms with Crippen LogP contribution in [-0.4, -0.2) is 39.5 Å². The van der Waals surface area contributed by atoms with Gasteiger partial charge in [0.05, 0.1) is 11.3 Å². The zero-order valence-electron chi connectivity index (χ0n) is 15.7. The molecule has 0 unspecified atom stereocenters. The Morgan fingerprint density at radius 1 is 1.00 bits per heavy atom. The molecule has 142 valence electrons. The standard InChI is InChI=1S/C23H23N3O2/c27-22(16-18-8-2-1-3-9-18)19-10-6-14-25(17-19)23(28)20-11-4-5-12-21(20)26-15-7-13-24-26/h1-5,7-9,11-13,15,19H,6,10,14,16-17H2/t19-/m1/s1. The number of amides is 1. The van der Waals surface area contributed by atoms with E-state index in [9.17, 15) is 9.59 Å². The number of carbonyl (C=O) groups excluding carboxylic acids is 2. The fourth-order valence-electron chi connectivity index (χ4n) is 3.80. The molecule has 1 aliphatic rings. The van der Waals surface area contributed by atoms with Gasteiger partial charge in [0.2, 0.25) is 0 Å². The lowest BCUT2D eigenvalue weighted by Gasteiger charge is -2.32. The lowest BCUT2D eigenvalue weighted by atomic mass is 9.90. The van der Waals surface area contributed by atoms with Gasteiger partial charge >= 0.3 is 0 Å². The van der Waals surface area contributed by atoms with Crippen LogP contribution in [0.1, 0.15) is 28.8 Å². The predicted molar refractivity (Wildman–Crippen MR) is 107 cm³/mol. The number of carbonyl (C=O) groups is 2. The van der Waals surface area contributed by atoms with E-state index >= 15 is 0 Å². The van der Waals surface area contributed by atoms with E-state index in [1.165, 1.54) is 0 Å². The van der Waals surface area contributed by atoms with Crippen LogP contribution in [0.4, 0.5) is 0 Å². The van der Waals surface area contributed by atoms with Crippen LogP contribution >= 0.6 is 0 Å². The maximum Gasteiger partial charge on any atom is 0.256 e. The van der Waals surface area contributed by atoms with Crippen LogP contribution in [0.3, 0.4) is 0 Å². The maximum absolute atomic E-state index is 13.2. The van der Waals surface area contributed by atoms with Gasteiger partial charge in [-0.15, -0.1) is 0 Å². The van der Waals surface area contributed by atoms with Crippen molar-refractivity contribution < 1.29 is 9.59 Å². The third kappa shape index (κ3) is 3.88. The first-order valence-corrected chi connectivity index (χ1v) is 9.67. The Kier molecular flexibility index (Phi) is 5.33. The molecule has 1 aromatic heterocycles. The van der Waals surface area contributed by atoms with E-state index in [4.69, 9.17) is 0 Å². The highest BCUT2D eigenvalue weighted by Crippen LogP contribution is 2.23. The van der Waals surface area contributed by atoms with Crippen LogP contribution in [0, 0.1) is 5.92 Å². The van der Waals surface area contributed by atoms with Gasteiger partial charge in [0.1, 0.15) is 5.78 Å². The zero-order chi connectivity index (χ0) is 19.3. The number of para-hydroxylation sites is 1. The van der Waals surface area contributed by atoms with E-state index in [0.717, 1.165) is 24.1 Å². The Morgan fingerprint density at radius 3 is 2.57 bits per heavy atom. The number of rotatable bonds is 5. The molecule has 4 rings (SSSR count). The number of Topliss-reactive ketones (excluding diaryl/α,β-unsaturated/α-hetero) is 1. The van der Waals surface area contributed by atoms with Gasteiger partial charge in [-0.2, -0.15) is 5.10 Å². The summed E-state index contributed by atoms with van der Waals surface area (Å²) >= 11 is 0. The second-order valence-corrected chi connectivity index (χ2v) is 7.19. The molecular formula is C23H23N3O2. The van der Waals surface area contributed by atoms with Gasteiger partial charge in [0.15, 0.2) is 0 Å². The van der Waals surface area contributed by atoms with Crippen LogP contribution in [0.15, 0.2) is 73.1 Å². The van der Waals surface area contributed by atoms with Gasteiger partial charge in [-0.25, -0.2) is 4.68 Å². The highest BCUT2D eigenvalue weighted by Gasteiger charge is 2.29. The average molecular weight is 373 g/mol. The molecular weight excluding hydrogens is 350 g/mol. The van der Waals surface area contributed by atoms with Crippen LogP contribution in [-0.2, 0) is 11.2 Å². The van der Waals surface area contributed by atoms with Crippen molar-refractivity contribution in [2.24, 2.45) is 5.92 Å². The fraction of sp³-hybridized carbons (Fsp3) is 0.261. The minimum Gasteiger partial charge on any atom is -0.338 e. The van der Waals surface area contributed by atoms with Crippen molar-refractivity contribution in [3.63, 3.8) is 0 Å². The molecule has 1 amide bonds. The second-order valence-electron chi connectivity index (χ2n) is 7.19. The minimum atomic E-state index is -0.102. The summed E-state index contributed by atoms with van der Waals surface area (Å²) < 4.78 is 1.70. The van der Waals surface area contributed by atoms with E-state index in [1.54, 1.807) is 10.9 Å². The number of hydrogen-bond acceptors (Lipinski definition) is 3. The van der Waals surface area contributed by atoms with E-state index in [0.29, 0.717) is 25.1 Å². The number of likely N-dealkylation sites (tertiary alicyclic amines) is 1. The van der Waals surface area contributed by atoms with Gasteiger partial charge < -0.3 is 4.90 Å². The highest BCUT2D eigenvalue weighted by molar-refractivity contribution is 5.98. The van der Waals surface area contributed by atoms with E-state index in [2.05, 4.69) is 5.10 Å². The molecule has 1 fully saturated rings. The summed E-state index contributed by atoms with van der Waals surface area (Å²) in [5.41, 5.74) is 2.40. The van der Waals surface area contributed by atoms with E-state index in [1.807, 2.05) is 71.8 Å². The molecule has 0 saturated carbocycles. The van der Waals surface area contributed by atoms with Crippen molar-refractivity contribution in [1.29, 1.82) is 0 Å². The number of nitrogens with zero attached hydrogens (tertiary/aromatic N) is 3. The molecule has 0 spiro atoms. The van der Waals surface area contributed by atoms with Gasteiger partial charge in [0, 0.05) is 37.8 Å². The summed E-state index contributed by atoms with van der Waals surface area (Å²) in [7, 11) is 0. The number of hydrogen-bond donors (Lipinski definition) is 0. The first kappa shape index (κ1) is 18.2. The first-order valence-electron chi connectivity index (χ1n) is 9.67. The topological polar surface area (TPSA) is 55.2 Å².